The zero-order valence-electron chi connectivity index (χ0n) is 22.7. The monoisotopic (exact) mass is 601 g/mol. The summed E-state index contributed by atoms with van der Waals surface area (Å²) in [5.41, 5.74) is 6.15. The van der Waals surface area contributed by atoms with Gasteiger partial charge in [0.2, 0.25) is 0 Å². The van der Waals surface area contributed by atoms with Crippen LogP contribution in [-0.4, -0.2) is 66.0 Å². The number of hydrogen-bond donors (Lipinski definition) is 1. The van der Waals surface area contributed by atoms with Crippen LogP contribution in [0.5, 0.6) is 0 Å². The number of para-hydroxylation sites is 1. The summed E-state index contributed by atoms with van der Waals surface area (Å²) in [6.45, 7) is 4.49. The molecule has 40 heavy (non-hydrogen) atoms. The molecule has 0 spiro atoms. The quantitative estimate of drug-likeness (QED) is 0.310. The highest BCUT2D eigenvalue weighted by Gasteiger charge is 2.42. The molecule has 0 aromatic heterocycles. The average Bonchev–Trinajstić information content (AvgIpc) is 3.52. The fourth-order valence-electron chi connectivity index (χ4n) is 6.70. The Kier molecular flexibility index (Phi) is 8.21. The maximum atomic E-state index is 13.1. The highest BCUT2D eigenvalue weighted by Crippen LogP contribution is 2.39. The van der Waals surface area contributed by atoms with Crippen LogP contribution in [0.15, 0.2) is 72.8 Å². The van der Waals surface area contributed by atoms with Gasteiger partial charge >= 0.3 is 6.09 Å². The van der Waals surface area contributed by atoms with E-state index in [4.69, 9.17) is 4.74 Å². The topological polar surface area (TPSA) is 61.9 Å². The molecule has 6 nitrogen and oxygen atoms in total. The number of halogens is 1. The number of hydrogen-bond acceptors (Lipinski definition) is 4. The van der Waals surface area contributed by atoms with Crippen molar-refractivity contribution in [3.05, 3.63) is 89.5 Å². The van der Waals surface area contributed by atoms with Crippen molar-refractivity contribution >= 4 is 33.6 Å². The fourth-order valence-corrected chi connectivity index (χ4v) is 7.16. The third-order valence-corrected chi connectivity index (χ3v) is 9.11. The summed E-state index contributed by atoms with van der Waals surface area (Å²) >= 11 is 3.50. The van der Waals surface area contributed by atoms with E-state index in [1.165, 1.54) is 11.1 Å². The Labute approximate surface area is 244 Å². The third-order valence-electron chi connectivity index (χ3n) is 8.71. The summed E-state index contributed by atoms with van der Waals surface area (Å²) in [7, 11) is 0. The number of carbonyl (C=O) groups is 2. The number of aryl methyl sites for hydroxylation is 1. The molecule has 1 saturated carbocycles. The van der Waals surface area contributed by atoms with E-state index in [1.54, 1.807) is 0 Å². The SMILES string of the molecule is O=C(Nc1ccccc1-c1ccccc1)O[C@H]1C[C@@H]2CN(CCN3CCc4cc(CCBr)ccc4C3=O)C[C@@H]2C1. The van der Waals surface area contributed by atoms with Gasteiger partial charge in [-0.25, -0.2) is 4.79 Å². The number of amides is 2. The number of rotatable bonds is 8. The Morgan fingerprint density at radius 3 is 2.45 bits per heavy atom. The van der Waals surface area contributed by atoms with Crippen LogP contribution < -0.4 is 5.32 Å². The lowest BCUT2D eigenvalue weighted by Gasteiger charge is -2.30. The molecule has 1 saturated heterocycles. The van der Waals surface area contributed by atoms with E-state index in [-0.39, 0.29) is 18.1 Å². The Bertz CT molecular complexity index is 1350. The van der Waals surface area contributed by atoms with E-state index < -0.39 is 0 Å². The number of nitrogens with zero attached hydrogens (tertiary/aromatic N) is 2. The first-order chi connectivity index (χ1) is 19.6. The molecule has 2 amide bonds. The van der Waals surface area contributed by atoms with E-state index in [0.29, 0.717) is 11.8 Å². The number of anilines is 1. The lowest BCUT2D eigenvalue weighted by Crippen LogP contribution is -2.42. The van der Waals surface area contributed by atoms with Gasteiger partial charge in [-0.1, -0.05) is 76.6 Å². The predicted octanol–water partition coefficient (Wildman–Crippen LogP) is 6.25. The predicted molar refractivity (Wildman–Crippen MR) is 162 cm³/mol. The first kappa shape index (κ1) is 27.0. The summed E-state index contributed by atoms with van der Waals surface area (Å²) in [6, 6.07) is 24.2. The zero-order valence-corrected chi connectivity index (χ0v) is 24.3. The van der Waals surface area contributed by atoms with Crippen LogP contribution in [-0.2, 0) is 17.6 Å². The normalized spacial score (nSPS) is 22.2. The Morgan fingerprint density at radius 1 is 0.925 bits per heavy atom. The number of carbonyl (C=O) groups excluding carboxylic acids is 2. The van der Waals surface area contributed by atoms with Crippen molar-refractivity contribution in [1.82, 2.24) is 9.80 Å². The summed E-state index contributed by atoms with van der Waals surface area (Å²) in [6.07, 6.45) is 3.30. The lowest BCUT2D eigenvalue weighted by atomic mass is 9.96. The number of benzene rings is 3. The lowest BCUT2D eigenvalue weighted by molar-refractivity contribution is 0.0720. The second kappa shape index (κ2) is 12.1. The van der Waals surface area contributed by atoms with Gasteiger partial charge < -0.3 is 14.5 Å². The third kappa shape index (κ3) is 5.96. The smallest absolute Gasteiger partial charge is 0.411 e. The maximum Gasteiger partial charge on any atom is 0.411 e. The molecular weight excluding hydrogens is 566 g/mol. The van der Waals surface area contributed by atoms with E-state index in [1.807, 2.05) is 65.6 Å². The Morgan fingerprint density at radius 2 is 1.68 bits per heavy atom. The summed E-state index contributed by atoms with van der Waals surface area (Å²) in [4.78, 5) is 30.4. The van der Waals surface area contributed by atoms with Gasteiger partial charge in [0.1, 0.15) is 6.10 Å². The summed E-state index contributed by atoms with van der Waals surface area (Å²) in [5, 5.41) is 3.91. The molecule has 3 aromatic carbocycles. The molecule has 3 aromatic rings. The minimum Gasteiger partial charge on any atom is -0.446 e. The first-order valence-electron chi connectivity index (χ1n) is 14.4. The minimum absolute atomic E-state index is 0.0457. The van der Waals surface area contributed by atoms with Gasteiger partial charge in [-0.05, 0) is 66.3 Å². The molecule has 7 heteroatoms. The van der Waals surface area contributed by atoms with Crippen LogP contribution in [0, 0.1) is 11.8 Å². The van der Waals surface area contributed by atoms with Crippen LogP contribution in [0.25, 0.3) is 11.1 Å². The standard InChI is InChI=1S/C33H36BrN3O3/c34-14-12-23-10-11-30-25(18-23)13-15-37(32(30)38)17-16-36-21-26-19-28(20-27(26)22-36)40-33(39)35-31-9-5-4-8-29(31)24-6-2-1-3-7-24/h1-11,18,26-28H,12-17,19-22H2,(H,35,39)/t26-,27+,28+. The van der Waals surface area contributed by atoms with Gasteiger partial charge in [0.05, 0.1) is 5.69 Å². The minimum atomic E-state index is -0.381. The van der Waals surface area contributed by atoms with Crippen molar-refractivity contribution in [3.8, 4) is 11.1 Å². The second-order valence-electron chi connectivity index (χ2n) is 11.3. The molecule has 0 bridgehead atoms. The van der Waals surface area contributed by atoms with Gasteiger partial charge in [0.15, 0.2) is 0 Å². The number of ether oxygens (including phenoxy) is 1. The molecule has 2 heterocycles. The van der Waals surface area contributed by atoms with E-state index in [2.05, 4.69) is 38.3 Å². The van der Waals surface area contributed by atoms with Gasteiger partial charge in [-0.3, -0.25) is 10.1 Å². The van der Waals surface area contributed by atoms with Gasteiger partial charge in [0, 0.05) is 49.2 Å². The van der Waals surface area contributed by atoms with Crippen molar-refractivity contribution in [3.63, 3.8) is 0 Å². The average molecular weight is 603 g/mol. The van der Waals surface area contributed by atoms with E-state index in [9.17, 15) is 9.59 Å². The molecule has 3 atom stereocenters. The molecule has 1 aliphatic carbocycles. The Balaban J connectivity index is 0.967. The molecule has 1 N–H and O–H groups in total. The maximum absolute atomic E-state index is 13.1. The van der Waals surface area contributed by atoms with Gasteiger partial charge in [0.25, 0.3) is 5.91 Å². The van der Waals surface area contributed by atoms with Crippen molar-refractivity contribution in [1.29, 1.82) is 0 Å². The second-order valence-corrected chi connectivity index (χ2v) is 12.1. The number of fused-ring (bicyclic) bond motifs is 2. The van der Waals surface area contributed by atoms with Gasteiger partial charge in [-0.2, -0.15) is 0 Å². The molecule has 2 fully saturated rings. The van der Waals surface area contributed by atoms with E-state index in [0.717, 1.165) is 86.1 Å². The zero-order chi connectivity index (χ0) is 27.5. The van der Waals surface area contributed by atoms with E-state index >= 15 is 0 Å². The van der Waals surface area contributed by atoms with Crippen molar-refractivity contribution in [2.24, 2.45) is 11.8 Å². The van der Waals surface area contributed by atoms with Crippen LogP contribution in [0.4, 0.5) is 10.5 Å². The van der Waals surface area contributed by atoms with Crippen molar-refractivity contribution in [2.45, 2.75) is 31.8 Å². The van der Waals surface area contributed by atoms with Crippen LogP contribution >= 0.6 is 15.9 Å². The highest BCUT2D eigenvalue weighted by atomic mass is 79.9. The molecule has 0 unspecified atom stereocenters. The van der Waals surface area contributed by atoms with Crippen molar-refractivity contribution in [2.75, 3.05) is 43.4 Å². The first-order valence-corrected chi connectivity index (χ1v) is 15.5. The number of likely N-dealkylation sites (tertiary alicyclic amines) is 1. The molecular formula is C33H36BrN3O3. The molecule has 2 aliphatic heterocycles. The molecule has 3 aliphatic rings. The van der Waals surface area contributed by atoms with Crippen LogP contribution in [0.2, 0.25) is 0 Å². The summed E-state index contributed by atoms with van der Waals surface area (Å²) in [5.74, 6) is 1.25. The fraction of sp³-hybridized carbons (Fsp3) is 0.394. The van der Waals surface area contributed by atoms with Crippen LogP contribution in [0.3, 0.4) is 0 Å². The molecule has 6 rings (SSSR count). The summed E-state index contributed by atoms with van der Waals surface area (Å²) < 4.78 is 5.88. The van der Waals surface area contributed by atoms with Crippen LogP contribution in [0.1, 0.15) is 34.3 Å². The van der Waals surface area contributed by atoms with Crippen molar-refractivity contribution < 1.29 is 14.3 Å². The number of nitrogens with one attached hydrogen (secondary N) is 1. The highest BCUT2D eigenvalue weighted by molar-refractivity contribution is 9.09. The van der Waals surface area contributed by atoms with Gasteiger partial charge in [-0.15, -0.1) is 0 Å². The molecule has 0 radical (unpaired) electrons. The molecule has 208 valence electrons. The number of alkyl halides is 1. The Hall–Kier alpha value is -3.16. The largest absolute Gasteiger partial charge is 0.446 e.